The molecule has 0 fully saturated rings. The topological polar surface area (TPSA) is 12.0 Å². The van der Waals surface area contributed by atoms with Crippen LogP contribution >= 0.6 is 15.9 Å². The van der Waals surface area contributed by atoms with Crippen molar-refractivity contribution in [2.24, 2.45) is 0 Å². The van der Waals surface area contributed by atoms with Crippen LogP contribution in [-0.2, 0) is 0 Å². The Hall–Kier alpha value is -1.19. The lowest BCUT2D eigenvalue weighted by molar-refractivity contribution is 0.581. The summed E-state index contributed by atoms with van der Waals surface area (Å²) < 4.78 is 14.7. The average molecular weight is 350 g/mol. The monoisotopic (exact) mass is 349 g/mol. The van der Waals surface area contributed by atoms with E-state index in [4.69, 9.17) is 0 Å². The molecule has 0 heterocycles. The molecule has 1 nitrogen and oxygen atoms in total. The quantitative estimate of drug-likeness (QED) is 0.772. The van der Waals surface area contributed by atoms with Crippen molar-refractivity contribution in [3.05, 3.63) is 68.9 Å². The van der Waals surface area contributed by atoms with Crippen LogP contribution in [0.5, 0.6) is 0 Å². The fraction of sp³-hybridized carbons (Fsp3) is 0.333. The molecule has 0 aliphatic heterocycles. The maximum absolute atomic E-state index is 13.7. The van der Waals surface area contributed by atoms with Crippen LogP contribution in [0.1, 0.15) is 41.6 Å². The molecule has 0 aliphatic carbocycles. The van der Waals surface area contributed by atoms with Gasteiger partial charge >= 0.3 is 0 Å². The number of rotatable bonds is 5. The molecule has 0 bridgehead atoms. The van der Waals surface area contributed by atoms with Crippen LogP contribution in [0.3, 0.4) is 0 Å². The number of hydrogen-bond acceptors (Lipinski definition) is 1. The molecule has 2 aromatic rings. The summed E-state index contributed by atoms with van der Waals surface area (Å²) >= 11 is 3.65. The molecule has 0 saturated carbocycles. The highest BCUT2D eigenvalue weighted by atomic mass is 79.9. The fourth-order valence-electron chi connectivity index (χ4n) is 2.46. The Morgan fingerprint density at radius 2 is 1.86 bits per heavy atom. The van der Waals surface area contributed by atoms with Crippen LogP contribution < -0.4 is 5.32 Å². The molecule has 1 unspecified atom stereocenters. The standard InChI is InChI=1S/C18H21BrFN/c1-4-9-21-18(15-8-5-12(2)10-17(15)19)16-11-14(20)7-6-13(16)3/h5-8,10-11,18,21H,4,9H2,1-3H3. The van der Waals surface area contributed by atoms with Crippen LogP contribution in [0, 0.1) is 19.7 Å². The first-order valence-electron chi connectivity index (χ1n) is 7.28. The average Bonchev–Trinajstić information content (AvgIpc) is 2.44. The van der Waals surface area contributed by atoms with Crippen molar-refractivity contribution in [3.8, 4) is 0 Å². The van der Waals surface area contributed by atoms with E-state index in [9.17, 15) is 4.39 Å². The fourth-order valence-corrected chi connectivity index (χ4v) is 3.19. The van der Waals surface area contributed by atoms with Gasteiger partial charge in [0.1, 0.15) is 5.82 Å². The molecule has 21 heavy (non-hydrogen) atoms. The summed E-state index contributed by atoms with van der Waals surface area (Å²) in [4.78, 5) is 0. The van der Waals surface area contributed by atoms with Crippen molar-refractivity contribution in [1.82, 2.24) is 5.32 Å². The van der Waals surface area contributed by atoms with Crippen molar-refractivity contribution in [2.45, 2.75) is 33.2 Å². The van der Waals surface area contributed by atoms with Gasteiger partial charge in [-0.15, -0.1) is 0 Å². The maximum Gasteiger partial charge on any atom is 0.123 e. The molecule has 0 radical (unpaired) electrons. The normalized spacial score (nSPS) is 12.4. The molecule has 1 atom stereocenters. The molecule has 2 aromatic carbocycles. The summed E-state index contributed by atoms with van der Waals surface area (Å²) in [5, 5.41) is 3.53. The van der Waals surface area contributed by atoms with Gasteiger partial charge in [0.15, 0.2) is 0 Å². The van der Waals surface area contributed by atoms with Gasteiger partial charge in [-0.3, -0.25) is 0 Å². The zero-order valence-corrected chi connectivity index (χ0v) is 14.3. The third kappa shape index (κ3) is 3.92. The third-order valence-corrected chi connectivity index (χ3v) is 4.30. The molecule has 112 valence electrons. The van der Waals surface area contributed by atoms with E-state index in [-0.39, 0.29) is 11.9 Å². The van der Waals surface area contributed by atoms with Gasteiger partial charge in [-0.1, -0.05) is 41.1 Å². The Morgan fingerprint density at radius 1 is 1.10 bits per heavy atom. The van der Waals surface area contributed by atoms with Gasteiger partial charge in [-0.2, -0.15) is 0 Å². The van der Waals surface area contributed by atoms with E-state index in [1.807, 2.05) is 13.0 Å². The van der Waals surface area contributed by atoms with Gasteiger partial charge in [0.2, 0.25) is 0 Å². The Labute approximate surface area is 134 Å². The van der Waals surface area contributed by atoms with E-state index in [0.717, 1.165) is 34.1 Å². The Morgan fingerprint density at radius 3 is 2.52 bits per heavy atom. The van der Waals surface area contributed by atoms with E-state index >= 15 is 0 Å². The van der Waals surface area contributed by atoms with Crippen molar-refractivity contribution < 1.29 is 4.39 Å². The lowest BCUT2D eigenvalue weighted by Gasteiger charge is -2.23. The van der Waals surface area contributed by atoms with Crippen molar-refractivity contribution in [2.75, 3.05) is 6.54 Å². The summed E-state index contributed by atoms with van der Waals surface area (Å²) in [6.07, 6.45) is 1.04. The molecule has 0 spiro atoms. The van der Waals surface area contributed by atoms with Crippen LogP contribution in [0.4, 0.5) is 4.39 Å². The summed E-state index contributed by atoms with van der Waals surface area (Å²) in [6.45, 7) is 7.11. The molecule has 2 rings (SSSR count). The van der Waals surface area contributed by atoms with Crippen LogP contribution in [0.15, 0.2) is 40.9 Å². The van der Waals surface area contributed by atoms with Crippen LogP contribution in [-0.4, -0.2) is 6.54 Å². The van der Waals surface area contributed by atoms with Gasteiger partial charge in [0.25, 0.3) is 0 Å². The molecule has 0 aliphatic rings. The first kappa shape index (κ1) is 16.2. The summed E-state index contributed by atoms with van der Waals surface area (Å²) in [6, 6.07) is 11.3. The Balaban J connectivity index is 2.49. The maximum atomic E-state index is 13.7. The van der Waals surface area contributed by atoms with E-state index in [1.165, 1.54) is 11.6 Å². The van der Waals surface area contributed by atoms with Crippen molar-refractivity contribution in [1.29, 1.82) is 0 Å². The number of nitrogens with one attached hydrogen (secondary N) is 1. The summed E-state index contributed by atoms with van der Waals surface area (Å²) in [5.41, 5.74) is 4.43. The summed E-state index contributed by atoms with van der Waals surface area (Å²) in [5.74, 6) is -0.192. The predicted molar refractivity (Wildman–Crippen MR) is 90.2 cm³/mol. The molecule has 0 aromatic heterocycles. The van der Waals surface area contributed by atoms with Gasteiger partial charge in [-0.25, -0.2) is 4.39 Å². The predicted octanol–water partition coefficient (Wildman–Crippen LogP) is 5.29. The highest BCUT2D eigenvalue weighted by Gasteiger charge is 2.18. The number of benzene rings is 2. The van der Waals surface area contributed by atoms with Crippen LogP contribution in [0.2, 0.25) is 0 Å². The Kier molecular flexibility index (Phi) is 5.54. The summed E-state index contributed by atoms with van der Waals surface area (Å²) in [7, 11) is 0. The molecule has 0 amide bonds. The lowest BCUT2D eigenvalue weighted by Crippen LogP contribution is -2.24. The minimum atomic E-state index is -0.192. The van der Waals surface area contributed by atoms with Crippen LogP contribution in [0.25, 0.3) is 0 Å². The second kappa shape index (κ2) is 7.19. The highest BCUT2D eigenvalue weighted by Crippen LogP contribution is 2.31. The van der Waals surface area contributed by atoms with E-state index in [0.29, 0.717) is 0 Å². The zero-order valence-electron chi connectivity index (χ0n) is 12.7. The van der Waals surface area contributed by atoms with Gasteiger partial charge in [-0.05, 0) is 67.3 Å². The molecular formula is C18H21BrFN. The SMILES string of the molecule is CCCNC(c1cc(F)ccc1C)c1ccc(C)cc1Br. The van der Waals surface area contributed by atoms with Gasteiger partial charge in [0, 0.05) is 4.47 Å². The zero-order chi connectivity index (χ0) is 15.4. The van der Waals surface area contributed by atoms with E-state index < -0.39 is 0 Å². The second-order valence-corrected chi connectivity index (χ2v) is 6.27. The number of halogens is 2. The Bertz CT molecular complexity index is 625. The molecular weight excluding hydrogens is 329 g/mol. The molecule has 1 N–H and O–H groups in total. The largest absolute Gasteiger partial charge is 0.306 e. The van der Waals surface area contributed by atoms with Gasteiger partial charge < -0.3 is 5.32 Å². The lowest BCUT2D eigenvalue weighted by atomic mass is 9.94. The van der Waals surface area contributed by atoms with Crippen molar-refractivity contribution in [3.63, 3.8) is 0 Å². The van der Waals surface area contributed by atoms with E-state index in [1.54, 1.807) is 6.07 Å². The molecule has 0 saturated heterocycles. The minimum Gasteiger partial charge on any atom is -0.306 e. The van der Waals surface area contributed by atoms with Crippen molar-refractivity contribution >= 4 is 15.9 Å². The number of aryl methyl sites for hydroxylation is 2. The smallest absolute Gasteiger partial charge is 0.123 e. The minimum absolute atomic E-state index is 0.00405. The first-order valence-corrected chi connectivity index (χ1v) is 8.07. The highest BCUT2D eigenvalue weighted by molar-refractivity contribution is 9.10. The first-order chi connectivity index (χ1) is 10.0. The second-order valence-electron chi connectivity index (χ2n) is 5.41. The van der Waals surface area contributed by atoms with E-state index in [2.05, 4.69) is 53.3 Å². The third-order valence-electron chi connectivity index (χ3n) is 3.62. The molecule has 3 heteroatoms. The number of hydrogen-bond donors (Lipinski definition) is 1. The van der Waals surface area contributed by atoms with Gasteiger partial charge in [0.05, 0.1) is 6.04 Å².